The van der Waals surface area contributed by atoms with Gasteiger partial charge in [-0.15, -0.1) is 0 Å². The van der Waals surface area contributed by atoms with Crippen LogP contribution in [0.4, 0.5) is 10.1 Å². The molecule has 0 radical (unpaired) electrons. The average molecular weight is 442 g/mol. The van der Waals surface area contributed by atoms with Crippen molar-refractivity contribution in [3.63, 3.8) is 0 Å². The fourth-order valence-corrected chi connectivity index (χ4v) is 4.91. The second-order valence-electron chi connectivity index (χ2n) is 8.51. The smallest absolute Gasteiger partial charge is 0.179 e. The highest BCUT2D eigenvalue weighted by atomic mass is 19.1. The van der Waals surface area contributed by atoms with E-state index in [2.05, 4.69) is 45.6 Å². The quantitative estimate of drug-likeness (QED) is 0.372. The van der Waals surface area contributed by atoms with Crippen LogP contribution in [0.2, 0.25) is 0 Å². The van der Waals surface area contributed by atoms with Crippen molar-refractivity contribution in [1.29, 1.82) is 0 Å². The zero-order valence-corrected chi connectivity index (χ0v) is 18.9. The van der Waals surface area contributed by atoms with Crippen LogP contribution in [0.15, 0.2) is 78.9 Å². The minimum atomic E-state index is -0.219. The van der Waals surface area contributed by atoms with Gasteiger partial charge < -0.3 is 9.47 Å². The van der Waals surface area contributed by atoms with Crippen molar-refractivity contribution in [1.82, 2.24) is 9.47 Å². The zero-order chi connectivity index (χ0) is 22.8. The summed E-state index contributed by atoms with van der Waals surface area (Å²) in [7, 11) is 0. The van der Waals surface area contributed by atoms with Crippen molar-refractivity contribution in [3.8, 4) is 11.3 Å². The Morgan fingerprint density at radius 2 is 1.52 bits per heavy atom. The maximum absolute atomic E-state index is 13.7. The molecule has 0 amide bonds. The minimum absolute atomic E-state index is 0.160. The van der Waals surface area contributed by atoms with Gasteiger partial charge in [-0.3, -0.25) is 9.69 Å². The van der Waals surface area contributed by atoms with Gasteiger partial charge in [0.05, 0.1) is 17.8 Å². The number of nitrogens with zero attached hydrogens (tertiary/aromatic N) is 3. The molecule has 1 fully saturated rings. The van der Waals surface area contributed by atoms with Gasteiger partial charge in [0.25, 0.3) is 0 Å². The molecule has 0 aliphatic carbocycles. The van der Waals surface area contributed by atoms with Gasteiger partial charge in [0.1, 0.15) is 5.82 Å². The maximum atomic E-state index is 13.7. The number of ketones is 1. The number of hydrogen-bond donors (Lipinski definition) is 0. The SMILES string of the molecule is CCn1c(-c2ccccc2)c(C(=O)CN2CCN(c3ccc(F)cc3)CC2)c2ccccc21. The molecule has 0 spiro atoms. The number of carbonyl (C=O) groups is 1. The second kappa shape index (κ2) is 9.20. The summed E-state index contributed by atoms with van der Waals surface area (Å²) < 4.78 is 15.5. The highest BCUT2D eigenvalue weighted by molar-refractivity contribution is 6.14. The van der Waals surface area contributed by atoms with Crippen molar-refractivity contribution >= 4 is 22.4 Å². The van der Waals surface area contributed by atoms with E-state index in [9.17, 15) is 9.18 Å². The molecule has 0 bridgehead atoms. The largest absolute Gasteiger partial charge is 0.369 e. The number of carbonyl (C=O) groups excluding carboxylic acids is 1. The summed E-state index contributed by atoms with van der Waals surface area (Å²) in [6, 6.07) is 25.1. The molecular formula is C28H28FN3O. The average Bonchev–Trinajstić information content (AvgIpc) is 3.20. The van der Waals surface area contributed by atoms with E-state index >= 15 is 0 Å². The Balaban J connectivity index is 1.41. The topological polar surface area (TPSA) is 28.5 Å². The minimum Gasteiger partial charge on any atom is -0.369 e. The molecule has 4 nitrogen and oxygen atoms in total. The third-order valence-electron chi connectivity index (χ3n) is 6.54. The normalized spacial score (nSPS) is 14.7. The third kappa shape index (κ3) is 4.16. The number of Topliss-reactive ketones (excluding diaryl/α,β-unsaturated/α-hetero) is 1. The molecule has 0 N–H and O–H groups in total. The first-order valence-electron chi connectivity index (χ1n) is 11.6. The fraction of sp³-hybridized carbons (Fsp3) is 0.250. The molecule has 0 atom stereocenters. The number of piperazine rings is 1. The molecule has 1 aliphatic heterocycles. The third-order valence-corrected chi connectivity index (χ3v) is 6.54. The molecule has 0 saturated carbocycles. The number of aryl methyl sites for hydroxylation is 1. The number of rotatable bonds is 6. The Morgan fingerprint density at radius 3 is 2.21 bits per heavy atom. The summed E-state index contributed by atoms with van der Waals surface area (Å²) in [6.45, 7) is 6.57. The van der Waals surface area contributed by atoms with Crippen molar-refractivity contribution in [2.75, 3.05) is 37.6 Å². The van der Waals surface area contributed by atoms with Crippen LogP contribution in [0, 0.1) is 5.82 Å². The molecule has 5 rings (SSSR count). The molecular weight excluding hydrogens is 413 g/mol. The molecule has 0 unspecified atom stereocenters. The molecule has 5 heteroatoms. The lowest BCUT2D eigenvalue weighted by Gasteiger charge is -2.35. The van der Waals surface area contributed by atoms with Gasteiger partial charge >= 0.3 is 0 Å². The lowest BCUT2D eigenvalue weighted by Crippen LogP contribution is -2.48. The number of anilines is 1. The fourth-order valence-electron chi connectivity index (χ4n) is 4.91. The van der Waals surface area contributed by atoms with Crippen LogP contribution >= 0.6 is 0 Å². The molecule has 1 aliphatic rings. The zero-order valence-electron chi connectivity index (χ0n) is 18.9. The lowest BCUT2D eigenvalue weighted by molar-refractivity contribution is 0.0928. The molecule has 1 aromatic heterocycles. The Labute approximate surface area is 193 Å². The van der Waals surface area contributed by atoms with Crippen molar-refractivity contribution in [2.45, 2.75) is 13.5 Å². The lowest BCUT2D eigenvalue weighted by atomic mass is 10.0. The van der Waals surface area contributed by atoms with E-state index in [1.165, 1.54) is 12.1 Å². The molecule has 33 heavy (non-hydrogen) atoms. The number of hydrogen-bond acceptors (Lipinski definition) is 3. The summed E-state index contributed by atoms with van der Waals surface area (Å²) >= 11 is 0. The van der Waals surface area contributed by atoms with Gasteiger partial charge in [0.15, 0.2) is 5.78 Å². The highest BCUT2D eigenvalue weighted by Crippen LogP contribution is 2.34. The molecule has 168 valence electrons. The van der Waals surface area contributed by atoms with E-state index < -0.39 is 0 Å². The Bertz CT molecular complexity index is 1260. The number of para-hydroxylation sites is 1. The maximum Gasteiger partial charge on any atom is 0.179 e. The van der Waals surface area contributed by atoms with Gasteiger partial charge in [-0.25, -0.2) is 4.39 Å². The van der Waals surface area contributed by atoms with Crippen molar-refractivity contribution in [3.05, 3.63) is 90.2 Å². The molecule has 1 saturated heterocycles. The predicted molar refractivity (Wildman–Crippen MR) is 132 cm³/mol. The number of fused-ring (bicyclic) bond motifs is 1. The van der Waals surface area contributed by atoms with E-state index in [0.717, 1.165) is 66.1 Å². The Kier molecular flexibility index (Phi) is 5.97. The molecule has 4 aromatic rings. The highest BCUT2D eigenvalue weighted by Gasteiger charge is 2.26. The second-order valence-corrected chi connectivity index (χ2v) is 8.51. The summed E-state index contributed by atoms with van der Waals surface area (Å²) in [5, 5.41) is 1.02. The summed E-state index contributed by atoms with van der Waals surface area (Å²) in [5.41, 5.74) is 5.02. The monoisotopic (exact) mass is 441 g/mol. The van der Waals surface area contributed by atoms with Crippen molar-refractivity contribution < 1.29 is 9.18 Å². The van der Waals surface area contributed by atoms with E-state index in [1.54, 1.807) is 0 Å². The van der Waals surface area contributed by atoms with Gasteiger partial charge in [-0.05, 0) is 42.8 Å². The molecule has 2 heterocycles. The molecule has 3 aromatic carbocycles. The van der Waals surface area contributed by atoms with Gasteiger partial charge in [-0.2, -0.15) is 0 Å². The van der Waals surface area contributed by atoms with E-state index in [4.69, 9.17) is 0 Å². The summed E-state index contributed by atoms with van der Waals surface area (Å²) in [6.07, 6.45) is 0. The van der Waals surface area contributed by atoms with Gasteiger partial charge in [0.2, 0.25) is 0 Å². The predicted octanol–water partition coefficient (Wildman–Crippen LogP) is 5.47. The van der Waals surface area contributed by atoms with E-state index in [-0.39, 0.29) is 11.6 Å². The van der Waals surface area contributed by atoms with Crippen LogP contribution in [0.1, 0.15) is 17.3 Å². The number of benzene rings is 3. The standard InChI is InChI=1S/C28H28FN3O/c1-2-32-25-11-7-6-10-24(25)27(28(32)21-8-4-3-5-9-21)26(33)20-30-16-18-31(19-17-30)23-14-12-22(29)13-15-23/h3-15H,2,16-20H2,1H3. The Hall–Kier alpha value is -3.44. The van der Waals surface area contributed by atoms with Crippen molar-refractivity contribution in [2.24, 2.45) is 0 Å². The first-order valence-corrected chi connectivity index (χ1v) is 11.6. The summed E-state index contributed by atoms with van der Waals surface area (Å²) in [5.74, 6) is -0.0593. The van der Waals surface area contributed by atoms with Crippen LogP contribution in [0.25, 0.3) is 22.2 Å². The van der Waals surface area contributed by atoms with Crippen LogP contribution < -0.4 is 4.90 Å². The van der Waals surface area contributed by atoms with E-state index in [0.29, 0.717) is 6.54 Å². The van der Waals surface area contributed by atoms with Crippen LogP contribution in [0.3, 0.4) is 0 Å². The first kappa shape index (κ1) is 21.4. The number of halogens is 1. The Morgan fingerprint density at radius 1 is 0.848 bits per heavy atom. The van der Waals surface area contributed by atoms with Crippen LogP contribution in [-0.2, 0) is 6.54 Å². The van der Waals surface area contributed by atoms with Crippen LogP contribution in [0.5, 0.6) is 0 Å². The van der Waals surface area contributed by atoms with Gasteiger partial charge in [-0.1, -0.05) is 48.5 Å². The van der Waals surface area contributed by atoms with E-state index in [1.807, 2.05) is 42.5 Å². The summed E-state index contributed by atoms with van der Waals surface area (Å²) in [4.78, 5) is 18.2. The van der Waals surface area contributed by atoms with Crippen LogP contribution in [-0.4, -0.2) is 48.0 Å². The first-order chi connectivity index (χ1) is 16.2. The number of aromatic nitrogens is 1. The van der Waals surface area contributed by atoms with Gasteiger partial charge in [0, 0.05) is 49.3 Å².